The molecule has 0 bridgehead atoms. The van der Waals surface area contributed by atoms with E-state index < -0.39 is 58.0 Å². The molecule has 3 aliphatic rings. The summed E-state index contributed by atoms with van der Waals surface area (Å²) >= 11 is 1.60. The van der Waals surface area contributed by atoms with Crippen LogP contribution in [0.15, 0.2) is 53.5 Å². The lowest BCUT2D eigenvalue weighted by Gasteiger charge is -2.28. The number of oxime groups is 1. The van der Waals surface area contributed by atoms with Crippen LogP contribution in [0.2, 0.25) is 0 Å². The number of sulfonamides is 1. The Balaban J connectivity index is 1.30. The highest BCUT2D eigenvalue weighted by Gasteiger charge is 2.62. The van der Waals surface area contributed by atoms with E-state index >= 15 is 0 Å². The van der Waals surface area contributed by atoms with Crippen molar-refractivity contribution in [2.24, 2.45) is 11.1 Å². The molecule has 1 aromatic heterocycles. The van der Waals surface area contributed by atoms with Gasteiger partial charge in [-0.05, 0) is 48.9 Å². The minimum absolute atomic E-state index is 0.182. The van der Waals surface area contributed by atoms with Gasteiger partial charge in [-0.15, -0.1) is 17.9 Å². The predicted octanol–water partition coefficient (Wildman–Crippen LogP) is 3.42. The highest BCUT2D eigenvalue weighted by molar-refractivity contribution is 7.91. The number of rotatable bonds is 12. The van der Waals surface area contributed by atoms with Gasteiger partial charge in [-0.1, -0.05) is 17.3 Å². The number of ether oxygens (including phenoxy) is 1. The van der Waals surface area contributed by atoms with Crippen LogP contribution in [0.1, 0.15) is 31.2 Å². The second kappa shape index (κ2) is 11.6. The molecule has 2 aliphatic carbocycles. The fourth-order valence-electron chi connectivity index (χ4n) is 5.26. The number of hydrogen-bond acceptors (Lipinski definition) is 9. The van der Waals surface area contributed by atoms with Crippen LogP contribution < -0.4 is 14.8 Å². The van der Waals surface area contributed by atoms with Crippen LogP contribution in [0.3, 0.4) is 0 Å². The summed E-state index contributed by atoms with van der Waals surface area (Å²) in [5, 5.41) is 8.40. The third-order valence-corrected chi connectivity index (χ3v) is 12.3. The smallest absolute Gasteiger partial charge is 0.259 e. The Kier molecular flexibility index (Phi) is 8.41. The molecular weight excluding hydrogens is 599 g/mol. The highest BCUT2D eigenvalue weighted by atomic mass is 32.2. The molecule has 2 aromatic rings. The fraction of sp³-hybridized carbons (Fsp3) is 0.464. The van der Waals surface area contributed by atoms with E-state index in [1.54, 1.807) is 42.7 Å². The van der Waals surface area contributed by atoms with Crippen LogP contribution in [0.5, 0.6) is 5.75 Å². The number of nitrogens with one attached hydrogen (secondary N) is 2. The molecule has 5 rings (SSSR count). The zero-order valence-electron chi connectivity index (χ0n) is 23.7. The van der Waals surface area contributed by atoms with Crippen LogP contribution in [0.25, 0.3) is 10.4 Å². The summed E-state index contributed by atoms with van der Waals surface area (Å²) in [5.41, 5.74) is 0.332. The summed E-state index contributed by atoms with van der Waals surface area (Å²) in [5.74, 6) is -1.05. The SMILES string of the molecule is C=C[C@@H]1C[C@@]1(NC(=O)C1CC(O/N=C/c2cc(OC)ccc2-c2cccs2)CN1P(C)(C)=O)C(=O)NS(=O)(=O)C1CC1. The minimum Gasteiger partial charge on any atom is -0.497 e. The maximum atomic E-state index is 13.6. The first-order valence-corrected chi connectivity index (χ1v) is 18.6. The lowest BCUT2D eigenvalue weighted by atomic mass is 10.1. The number of benzene rings is 1. The van der Waals surface area contributed by atoms with Gasteiger partial charge < -0.3 is 19.5 Å². The van der Waals surface area contributed by atoms with E-state index in [2.05, 4.69) is 21.8 Å². The lowest BCUT2D eigenvalue weighted by molar-refractivity contribution is -0.131. The molecule has 11 nitrogen and oxygen atoms in total. The summed E-state index contributed by atoms with van der Waals surface area (Å²) in [6, 6.07) is 8.78. The van der Waals surface area contributed by atoms with E-state index in [0.717, 1.165) is 16.0 Å². The first-order valence-electron chi connectivity index (χ1n) is 13.6. The Labute approximate surface area is 249 Å². The normalized spacial score (nSPS) is 26.1. The van der Waals surface area contributed by atoms with E-state index in [9.17, 15) is 22.6 Å². The number of amides is 2. The van der Waals surface area contributed by atoms with E-state index in [4.69, 9.17) is 9.57 Å². The van der Waals surface area contributed by atoms with Gasteiger partial charge in [0, 0.05) is 48.2 Å². The number of thiophene rings is 1. The first kappa shape index (κ1) is 30.5. The molecule has 2 unspecified atom stereocenters. The molecule has 3 fully saturated rings. The summed E-state index contributed by atoms with van der Waals surface area (Å²) in [6.45, 7) is 7.05. The summed E-state index contributed by atoms with van der Waals surface area (Å²) in [4.78, 5) is 33.5. The zero-order chi connectivity index (χ0) is 30.3. The number of methoxy groups -OCH3 is 1. The van der Waals surface area contributed by atoms with E-state index in [1.165, 1.54) is 6.08 Å². The fourth-order valence-corrected chi connectivity index (χ4v) is 8.84. The molecule has 2 amide bonds. The van der Waals surface area contributed by atoms with Gasteiger partial charge in [-0.25, -0.2) is 13.1 Å². The van der Waals surface area contributed by atoms with Crippen molar-refractivity contribution in [1.29, 1.82) is 0 Å². The molecule has 2 N–H and O–H groups in total. The number of carbonyl (C=O) groups is 2. The molecule has 1 aromatic carbocycles. The van der Waals surface area contributed by atoms with Crippen molar-refractivity contribution in [3.05, 3.63) is 53.9 Å². The van der Waals surface area contributed by atoms with Crippen LogP contribution >= 0.6 is 18.6 Å². The lowest BCUT2D eigenvalue weighted by Crippen LogP contribution is -2.55. The summed E-state index contributed by atoms with van der Waals surface area (Å²) in [7, 11) is -5.13. The van der Waals surface area contributed by atoms with Crippen molar-refractivity contribution in [2.45, 2.75) is 48.6 Å². The molecule has 4 atom stereocenters. The molecule has 2 saturated carbocycles. The molecule has 1 saturated heterocycles. The Hall–Kier alpha value is -2.99. The average molecular weight is 635 g/mol. The highest BCUT2D eigenvalue weighted by Crippen LogP contribution is 2.49. The molecule has 0 spiro atoms. The maximum absolute atomic E-state index is 13.6. The van der Waals surface area contributed by atoms with Gasteiger partial charge in [0.15, 0.2) is 0 Å². The molecular formula is C28H35N4O7PS2. The van der Waals surface area contributed by atoms with Gasteiger partial charge in [0.25, 0.3) is 5.91 Å². The maximum Gasteiger partial charge on any atom is 0.259 e. The Morgan fingerprint density at radius 2 is 2.02 bits per heavy atom. The van der Waals surface area contributed by atoms with Crippen LogP contribution in [0.4, 0.5) is 0 Å². The van der Waals surface area contributed by atoms with Gasteiger partial charge >= 0.3 is 0 Å². The van der Waals surface area contributed by atoms with Gasteiger partial charge in [0.1, 0.15) is 24.7 Å². The summed E-state index contributed by atoms with van der Waals surface area (Å²) < 4.78 is 47.1. The number of nitrogens with zero attached hydrogens (tertiary/aromatic N) is 2. The zero-order valence-corrected chi connectivity index (χ0v) is 26.2. The minimum atomic E-state index is -3.80. The van der Waals surface area contributed by atoms with Crippen molar-refractivity contribution < 1.29 is 32.1 Å². The van der Waals surface area contributed by atoms with Crippen molar-refractivity contribution in [1.82, 2.24) is 14.7 Å². The largest absolute Gasteiger partial charge is 0.497 e. The predicted molar refractivity (Wildman–Crippen MR) is 163 cm³/mol. The van der Waals surface area contributed by atoms with Crippen LogP contribution in [-0.4, -0.2) is 81.0 Å². The molecule has 1 aliphatic heterocycles. The molecule has 226 valence electrons. The van der Waals surface area contributed by atoms with Crippen LogP contribution in [-0.2, 0) is 29.0 Å². The van der Waals surface area contributed by atoms with Gasteiger partial charge in [-0.3, -0.25) is 14.3 Å². The Morgan fingerprint density at radius 1 is 1.26 bits per heavy atom. The molecule has 0 radical (unpaired) electrons. The average Bonchev–Trinajstić information content (AvgIpc) is 3.80. The number of carbonyl (C=O) groups excluding carboxylic acids is 2. The van der Waals surface area contributed by atoms with Crippen molar-refractivity contribution >= 4 is 46.7 Å². The Morgan fingerprint density at radius 3 is 2.62 bits per heavy atom. The molecule has 42 heavy (non-hydrogen) atoms. The first-order chi connectivity index (χ1) is 19.9. The van der Waals surface area contributed by atoms with Crippen molar-refractivity contribution in [3.8, 4) is 16.2 Å². The van der Waals surface area contributed by atoms with Crippen molar-refractivity contribution in [2.75, 3.05) is 27.0 Å². The molecule has 2 heterocycles. The molecule has 14 heteroatoms. The standard InChI is InChI=1S/C28H35N4O7PS2/c1-5-19-15-28(19,27(34)31-42(36,37)22-9-10-22)30-26(33)24-14-21(17-32(24)40(3,4)35)39-29-16-18-13-20(38-2)8-11-23(18)25-7-6-12-41-25/h5-8,11-13,16,19,21-22,24H,1,9-10,14-15,17H2,2-4H3,(H,30,33)(H,31,34)/b29-16+/t19-,21?,24?,28+/m1/s1. The second-order valence-corrected chi connectivity index (χ2v) is 17.3. The third-order valence-electron chi connectivity index (χ3n) is 7.85. The second-order valence-electron chi connectivity index (χ2n) is 11.2. The monoisotopic (exact) mass is 634 g/mol. The van der Waals surface area contributed by atoms with Gasteiger partial charge in [-0.2, -0.15) is 0 Å². The van der Waals surface area contributed by atoms with Crippen LogP contribution in [0, 0.1) is 5.92 Å². The van der Waals surface area contributed by atoms with E-state index in [1.807, 2.05) is 35.7 Å². The van der Waals surface area contributed by atoms with E-state index in [-0.39, 0.29) is 19.4 Å². The summed E-state index contributed by atoms with van der Waals surface area (Å²) in [6.07, 6.45) is 3.99. The number of hydrogen-bond donors (Lipinski definition) is 2. The third kappa shape index (κ3) is 6.34. The quantitative estimate of drug-likeness (QED) is 0.157. The van der Waals surface area contributed by atoms with E-state index in [0.29, 0.717) is 18.6 Å². The topological polar surface area (TPSA) is 143 Å². The van der Waals surface area contributed by atoms with Gasteiger partial charge in [0.05, 0.1) is 24.6 Å². The van der Waals surface area contributed by atoms with Gasteiger partial charge in [0.2, 0.25) is 15.9 Å². The Bertz CT molecular complexity index is 1550. The van der Waals surface area contributed by atoms with Crippen molar-refractivity contribution in [3.63, 3.8) is 0 Å².